The molecular formula is C18H25F3N2O. The number of rotatable bonds is 6. The van der Waals surface area contributed by atoms with E-state index in [1.807, 2.05) is 0 Å². The Balaban J connectivity index is 1.45. The number of nitrogens with zero attached hydrogens (tertiary/aromatic N) is 1. The minimum Gasteiger partial charge on any atom is -0.387 e. The number of piperidine rings is 1. The molecule has 0 radical (unpaired) electrons. The average Bonchev–Trinajstić information content (AvgIpc) is 3.37. The number of aliphatic hydroxyl groups is 1. The van der Waals surface area contributed by atoms with Crippen molar-refractivity contribution in [1.29, 1.82) is 0 Å². The molecule has 1 heterocycles. The van der Waals surface area contributed by atoms with Gasteiger partial charge in [0, 0.05) is 19.1 Å². The highest BCUT2D eigenvalue weighted by molar-refractivity contribution is 5.27. The molecule has 3 nitrogen and oxygen atoms in total. The monoisotopic (exact) mass is 342 g/mol. The Labute approximate surface area is 140 Å². The van der Waals surface area contributed by atoms with Gasteiger partial charge in [-0.3, -0.25) is 0 Å². The lowest BCUT2D eigenvalue weighted by molar-refractivity contribution is -0.137. The Morgan fingerprint density at radius 3 is 2.50 bits per heavy atom. The third-order valence-corrected chi connectivity index (χ3v) is 5.00. The number of nitrogens with one attached hydrogen (secondary N) is 1. The molecule has 0 amide bonds. The highest BCUT2D eigenvalue weighted by atomic mass is 19.4. The molecule has 1 atom stereocenters. The minimum absolute atomic E-state index is 0.286. The van der Waals surface area contributed by atoms with Crippen molar-refractivity contribution in [3.05, 3.63) is 35.4 Å². The van der Waals surface area contributed by atoms with E-state index in [9.17, 15) is 18.3 Å². The molecule has 1 unspecified atom stereocenters. The lowest BCUT2D eigenvalue weighted by Crippen LogP contribution is -2.44. The maximum absolute atomic E-state index is 12.7. The quantitative estimate of drug-likeness (QED) is 0.833. The number of aliphatic hydroxyl groups excluding tert-OH is 1. The second kappa shape index (κ2) is 7.42. The first-order valence-corrected chi connectivity index (χ1v) is 8.73. The van der Waals surface area contributed by atoms with Gasteiger partial charge in [-0.2, -0.15) is 13.2 Å². The van der Waals surface area contributed by atoms with Crippen LogP contribution in [0.1, 0.15) is 42.9 Å². The number of hydrogen-bond acceptors (Lipinski definition) is 3. The molecular weight excluding hydrogens is 317 g/mol. The number of alkyl halides is 3. The van der Waals surface area contributed by atoms with Gasteiger partial charge in [-0.15, -0.1) is 0 Å². The molecule has 0 bridgehead atoms. The molecule has 2 aliphatic rings. The summed E-state index contributed by atoms with van der Waals surface area (Å²) in [4.78, 5) is 2.50. The van der Waals surface area contributed by atoms with Crippen LogP contribution in [0.4, 0.5) is 13.2 Å². The summed E-state index contributed by atoms with van der Waals surface area (Å²) in [5.41, 5.74) is -0.407. The summed E-state index contributed by atoms with van der Waals surface area (Å²) >= 11 is 0. The molecule has 24 heavy (non-hydrogen) atoms. The molecule has 2 N–H and O–H groups in total. The van der Waals surface area contributed by atoms with Crippen molar-refractivity contribution in [2.45, 2.75) is 44.0 Å². The molecule has 134 valence electrons. The molecule has 1 aromatic carbocycles. The smallest absolute Gasteiger partial charge is 0.387 e. The third-order valence-electron chi connectivity index (χ3n) is 5.00. The molecule has 1 aliphatic carbocycles. The highest BCUT2D eigenvalue weighted by Crippen LogP contribution is 2.31. The van der Waals surface area contributed by atoms with Gasteiger partial charge in [0.25, 0.3) is 0 Å². The van der Waals surface area contributed by atoms with E-state index >= 15 is 0 Å². The average molecular weight is 342 g/mol. The zero-order valence-electron chi connectivity index (χ0n) is 13.7. The van der Waals surface area contributed by atoms with E-state index in [-0.39, 0.29) is 6.54 Å². The van der Waals surface area contributed by atoms with Crippen LogP contribution in [0.15, 0.2) is 24.3 Å². The van der Waals surface area contributed by atoms with Crippen molar-refractivity contribution in [1.82, 2.24) is 10.2 Å². The number of likely N-dealkylation sites (tertiary alicyclic amines) is 1. The van der Waals surface area contributed by atoms with Gasteiger partial charge < -0.3 is 15.3 Å². The first-order valence-electron chi connectivity index (χ1n) is 8.73. The van der Waals surface area contributed by atoms with Gasteiger partial charge >= 0.3 is 6.18 Å². The molecule has 0 aromatic heterocycles. The largest absolute Gasteiger partial charge is 0.416 e. The number of benzene rings is 1. The zero-order chi connectivity index (χ0) is 17.2. The van der Waals surface area contributed by atoms with E-state index < -0.39 is 17.8 Å². The van der Waals surface area contributed by atoms with Gasteiger partial charge in [0.2, 0.25) is 0 Å². The molecule has 3 rings (SSSR count). The van der Waals surface area contributed by atoms with E-state index in [0.29, 0.717) is 11.6 Å². The van der Waals surface area contributed by atoms with Crippen LogP contribution in [0.5, 0.6) is 0 Å². The van der Waals surface area contributed by atoms with Crippen LogP contribution in [0.2, 0.25) is 0 Å². The SMILES string of the molecule is OC(CNC1CCN(CC2CC2)CC1)c1cccc(C(F)(F)F)c1. The van der Waals surface area contributed by atoms with Crippen LogP contribution in [0.25, 0.3) is 0 Å². The Morgan fingerprint density at radius 2 is 1.88 bits per heavy atom. The van der Waals surface area contributed by atoms with Crippen molar-refractivity contribution in [3.63, 3.8) is 0 Å². The predicted molar refractivity (Wildman–Crippen MR) is 86.6 cm³/mol. The van der Waals surface area contributed by atoms with Crippen LogP contribution < -0.4 is 5.32 Å². The van der Waals surface area contributed by atoms with Crippen molar-refractivity contribution >= 4 is 0 Å². The predicted octanol–water partition coefficient (Wildman–Crippen LogP) is 3.20. The van der Waals surface area contributed by atoms with Gasteiger partial charge in [0.15, 0.2) is 0 Å². The van der Waals surface area contributed by atoms with Gasteiger partial charge in [-0.1, -0.05) is 12.1 Å². The Morgan fingerprint density at radius 1 is 1.17 bits per heavy atom. The summed E-state index contributed by atoms with van der Waals surface area (Å²) in [5.74, 6) is 0.900. The lowest BCUT2D eigenvalue weighted by atomic mass is 10.0. The summed E-state index contributed by atoms with van der Waals surface area (Å²) in [6, 6.07) is 5.28. The Bertz CT molecular complexity index is 537. The van der Waals surface area contributed by atoms with Crippen molar-refractivity contribution in [2.24, 2.45) is 5.92 Å². The molecule has 2 fully saturated rings. The fourth-order valence-electron chi connectivity index (χ4n) is 3.30. The molecule has 1 saturated heterocycles. The standard InChI is InChI=1S/C18H25F3N2O/c19-18(20,21)15-3-1-2-14(10-15)17(24)11-22-16-6-8-23(9-7-16)12-13-4-5-13/h1-3,10,13,16-17,22,24H,4-9,11-12H2. The third kappa shape index (κ3) is 4.94. The van der Waals surface area contributed by atoms with Gasteiger partial charge in [-0.05, 0) is 62.4 Å². The van der Waals surface area contributed by atoms with Crippen molar-refractivity contribution < 1.29 is 18.3 Å². The van der Waals surface area contributed by atoms with E-state index in [2.05, 4.69) is 10.2 Å². The highest BCUT2D eigenvalue weighted by Gasteiger charge is 2.31. The maximum atomic E-state index is 12.7. The van der Waals surface area contributed by atoms with Crippen molar-refractivity contribution in [2.75, 3.05) is 26.2 Å². The number of hydrogen-bond donors (Lipinski definition) is 2. The number of halogens is 3. The Kier molecular flexibility index (Phi) is 5.47. The van der Waals surface area contributed by atoms with Crippen LogP contribution in [0, 0.1) is 5.92 Å². The first kappa shape index (κ1) is 17.7. The van der Waals surface area contributed by atoms with E-state index in [0.717, 1.165) is 44.0 Å². The summed E-state index contributed by atoms with van der Waals surface area (Å²) in [6.45, 7) is 3.62. The van der Waals surface area contributed by atoms with Gasteiger partial charge in [0.1, 0.15) is 0 Å². The van der Waals surface area contributed by atoms with Crippen LogP contribution >= 0.6 is 0 Å². The van der Waals surface area contributed by atoms with E-state index in [1.165, 1.54) is 25.5 Å². The molecule has 1 saturated carbocycles. The second-order valence-corrected chi connectivity index (χ2v) is 7.07. The van der Waals surface area contributed by atoms with Gasteiger partial charge in [0.05, 0.1) is 11.7 Å². The molecule has 1 aromatic rings. The zero-order valence-corrected chi connectivity index (χ0v) is 13.7. The fourth-order valence-corrected chi connectivity index (χ4v) is 3.30. The summed E-state index contributed by atoms with van der Waals surface area (Å²) in [5, 5.41) is 13.5. The molecule has 0 spiro atoms. The van der Waals surface area contributed by atoms with Crippen LogP contribution in [-0.4, -0.2) is 42.2 Å². The van der Waals surface area contributed by atoms with Gasteiger partial charge in [-0.25, -0.2) is 0 Å². The Hall–Kier alpha value is -1.11. The minimum atomic E-state index is -4.38. The van der Waals surface area contributed by atoms with Crippen molar-refractivity contribution in [3.8, 4) is 0 Å². The van der Waals surface area contributed by atoms with Crippen LogP contribution in [0.3, 0.4) is 0 Å². The first-order chi connectivity index (χ1) is 11.4. The second-order valence-electron chi connectivity index (χ2n) is 7.07. The van der Waals surface area contributed by atoms with E-state index in [1.54, 1.807) is 6.07 Å². The van der Waals surface area contributed by atoms with E-state index in [4.69, 9.17) is 0 Å². The molecule has 1 aliphatic heterocycles. The summed E-state index contributed by atoms with van der Waals surface area (Å²) in [7, 11) is 0. The summed E-state index contributed by atoms with van der Waals surface area (Å²) in [6.07, 6.45) is -0.513. The fraction of sp³-hybridized carbons (Fsp3) is 0.667. The lowest BCUT2D eigenvalue weighted by Gasteiger charge is -2.33. The summed E-state index contributed by atoms with van der Waals surface area (Å²) < 4.78 is 38.2. The van der Waals surface area contributed by atoms with Crippen LogP contribution in [-0.2, 0) is 6.18 Å². The molecule has 6 heteroatoms. The maximum Gasteiger partial charge on any atom is 0.416 e. The normalized spacial score (nSPS) is 21.8. The topological polar surface area (TPSA) is 35.5 Å².